The first kappa shape index (κ1) is 28.8. The molecule has 0 spiro atoms. The largest absolute Gasteiger partial charge is 0.378 e. The van der Waals surface area contributed by atoms with E-state index in [1.165, 1.54) is 65.9 Å². The van der Waals surface area contributed by atoms with Crippen molar-refractivity contribution in [1.82, 2.24) is 4.57 Å². The van der Waals surface area contributed by atoms with Crippen LogP contribution in [0.1, 0.15) is 11.1 Å². The van der Waals surface area contributed by atoms with Crippen LogP contribution in [-0.2, 0) is 7.05 Å². The number of para-hydroxylation sites is 2. The van der Waals surface area contributed by atoms with Crippen LogP contribution < -0.4 is 9.80 Å². The Morgan fingerprint density at radius 3 is 0.929 bits per heavy atom. The van der Waals surface area contributed by atoms with Gasteiger partial charge in [0, 0.05) is 68.4 Å². The molecule has 0 aliphatic heterocycles. The lowest BCUT2D eigenvalue weighted by Gasteiger charge is -2.16. The molecule has 3 nitrogen and oxygen atoms in total. The molecule has 0 bridgehead atoms. The highest BCUT2D eigenvalue weighted by atomic mass is 15.1. The van der Waals surface area contributed by atoms with Gasteiger partial charge in [0.2, 0.25) is 0 Å². The summed E-state index contributed by atoms with van der Waals surface area (Å²) < 4.78 is 2.24. The van der Waals surface area contributed by atoms with E-state index in [2.05, 4.69) is 157 Å². The van der Waals surface area contributed by atoms with E-state index in [9.17, 15) is 0 Å². The highest BCUT2D eigenvalue weighted by Crippen LogP contribution is 2.31. The maximum absolute atomic E-state index is 2.24. The minimum Gasteiger partial charge on any atom is -0.378 e. The molecule has 0 aliphatic carbocycles. The van der Waals surface area contributed by atoms with Crippen molar-refractivity contribution >= 4 is 54.7 Å². The van der Waals surface area contributed by atoms with E-state index in [1.807, 2.05) is 28.2 Å². The summed E-state index contributed by atoms with van der Waals surface area (Å²) in [7, 11) is 10.3. The van der Waals surface area contributed by atoms with Crippen molar-refractivity contribution in [2.24, 2.45) is 7.05 Å². The predicted octanol–water partition coefficient (Wildman–Crippen LogP) is 9.76. The van der Waals surface area contributed by atoms with Gasteiger partial charge >= 0.3 is 0 Å². The van der Waals surface area contributed by atoms with E-state index in [1.54, 1.807) is 0 Å². The summed E-state index contributed by atoms with van der Waals surface area (Å²) in [6, 6.07) is 42.8. The lowest BCUT2D eigenvalue weighted by molar-refractivity contribution is 1.01. The van der Waals surface area contributed by atoms with Gasteiger partial charge in [0.15, 0.2) is 0 Å². The van der Waals surface area contributed by atoms with Gasteiger partial charge < -0.3 is 14.4 Å². The molecule has 0 amide bonds. The van der Waals surface area contributed by atoms with Gasteiger partial charge in [-0.3, -0.25) is 0 Å². The standard InChI is InChI=1S/C16H14.C13H11N.C10H16N2/c1-11-13-7-3-5-9-15(13)12(2)16-10-6-4-8-14(11)16;1-14-12-8-4-2-6-10(12)11-7-3-5-9-13(11)14;1-11(2)9-5-7-10(8-6-9)12(3)4/h3-10H,1-2H3;2-9H,1H3;5-8H,1-4H3. The second-order valence-corrected chi connectivity index (χ2v) is 11.2. The average Bonchev–Trinajstić information content (AvgIpc) is 3.32. The zero-order valence-corrected chi connectivity index (χ0v) is 25.9. The fourth-order valence-corrected chi connectivity index (χ4v) is 5.73. The number of fused-ring (bicyclic) bond motifs is 5. The lowest BCUT2D eigenvalue weighted by atomic mass is 9.93. The monoisotopic (exact) mass is 551 g/mol. The summed E-state index contributed by atoms with van der Waals surface area (Å²) in [5.41, 5.74) is 7.84. The molecule has 0 unspecified atom stereocenters. The van der Waals surface area contributed by atoms with Gasteiger partial charge in [0.05, 0.1) is 0 Å². The van der Waals surface area contributed by atoms with Crippen LogP contribution >= 0.6 is 0 Å². The third-order valence-electron chi connectivity index (χ3n) is 8.17. The van der Waals surface area contributed by atoms with E-state index in [0.29, 0.717) is 0 Å². The van der Waals surface area contributed by atoms with Crippen molar-refractivity contribution in [1.29, 1.82) is 0 Å². The zero-order valence-electron chi connectivity index (χ0n) is 25.9. The van der Waals surface area contributed by atoms with Gasteiger partial charge in [0.1, 0.15) is 0 Å². The number of aromatic nitrogens is 1. The molecule has 1 heterocycles. The van der Waals surface area contributed by atoms with E-state index < -0.39 is 0 Å². The summed E-state index contributed by atoms with van der Waals surface area (Å²) in [5.74, 6) is 0. The summed E-state index contributed by atoms with van der Waals surface area (Å²) in [6.07, 6.45) is 0. The SMILES string of the molecule is CN(C)c1ccc(N(C)C)cc1.Cc1c2ccccc2c(C)c2ccccc12.Cn1c2ccccc2c2ccccc21. The molecule has 3 heteroatoms. The molecule has 7 rings (SSSR count). The number of hydrogen-bond acceptors (Lipinski definition) is 2. The number of anilines is 2. The Kier molecular flexibility index (Phi) is 8.49. The molecule has 0 saturated carbocycles. The van der Waals surface area contributed by atoms with Crippen molar-refractivity contribution < 1.29 is 0 Å². The first-order valence-electron chi connectivity index (χ1n) is 14.5. The van der Waals surface area contributed by atoms with E-state index in [-0.39, 0.29) is 0 Å². The Morgan fingerprint density at radius 1 is 0.381 bits per heavy atom. The number of rotatable bonds is 2. The van der Waals surface area contributed by atoms with Crippen molar-refractivity contribution in [3.05, 3.63) is 132 Å². The first-order chi connectivity index (χ1) is 20.3. The highest BCUT2D eigenvalue weighted by Gasteiger charge is 2.07. The van der Waals surface area contributed by atoms with Crippen molar-refractivity contribution in [3.63, 3.8) is 0 Å². The third kappa shape index (κ3) is 5.69. The first-order valence-corrected chi connectivity index (χ1v) is 14.5. The van der Waals surface area contributed by atoms with E-state index in [0.717, 1.165) is 0 Å². The molecule has 0 aliphatic rings. The molecule has 0 atom stereocenters. The Balaban J connectivity index is 0.000000128. The molecule has 212 valence electrons. The molecule has 0 fully saturated rings. The fourth-order valence-electron chi connectivity index (χ4n) is 5.73. The van der Waals surface area contributed by atoms with Crippen LogP contribution in [0.15, 0.2) is 121 Å². The third-order valence-corrected chi connectivity index (χ3v) is 8.17. The Bertz CT molecular complexity index is 1760. The van der Waals surface area contributed by atoms with Gasteiger partial charge in [-0.15, -0.1) is 0 Å². The Labute approximate surface area is 250 Å². The maximum atomic E-state index is 2.24. The number of nitrogens with zero attached hydrogens (tertiary/aromatic N) is 3. The smallest absolute Gasteiger partial charge is 0.0488 e. The minimum absolute atomic E-state index is 1.24. The molecule has 7 aromatic rings. The van der Waals surface area contributed by atoms with Gasteiger partial charge in [0.25, 0.3) is 0 Å². The van der Waals surface area contributed by atoms with Crippen LogP contribution in [0.3, 0.4) is 0 Å². The topological polar surface area (TPSA) is 11.4 Å². The lowest BCUT2D eigenvalue weighted by Crippen LogP contribution is -2.10. The van der Waals surface area contributed by atoms with Crippen LogP contribution in [0.2, 0.25) is 0 Å². The van der Waals surface area contributed by atoms with Gasteiger partial charge in [-0.2, -0.15) is 0 Å². The Morgan fingerprint density at radius 2 is 0.643 bits per heavy atom. The van der Waals surface area contributed by atoms with Crippen LogP contribution in [0.25, 0.3) is 43.4 Å². The quantitative estimate of drug-likeness (QED) is 0.198. The van der Waals surface area contributed by atoms with Crippen molar-refractivity contribution in [2.75, 3.05) is 38.0 Å². The maximum Gasteiger partial charge on any atom is 0.0488 e. The summed E-state index contributed by atoms with van der Waals surface area (Å²) in [6.45, 7) is 4.42. The second kappa shape index (κ2) is 12.4. The molecule has 0 saturated heterocycles. The van der Waals surface area contributed by atoms with Gasteiger partial charge in [-0.05, 0) is 82.9 Å². The summed E-state index contributed by atoms with van der Waals surface area (Å²) >= 11 is 0. The average molecular weight is 552 g/mol. The molecule has 6 aromatic carbocycles. The van der Waals surface area contributed by atoms with Crippen LogP contribution in [0, 0.1) is 13.8 Å². The summed E-state index contributed by atoms with van der Waals surface area (Å²) in [5, 5.41) is 8.17. The molecule has 0 radical (unpaired) electrons. The highest BCUT2D eigenvalue weighted by molar-refractivity contribution is 6.08. The molecule has 1 aromatic heterocycles. The molecule has 0 N–H and O–H groups in total. The molecular formula is C39H41N3. The van der Waals surface area contributed by atoms with E-state index >= 15 is 0 Å². The van der Waals surface area contributed by atoms with Crippen molar-refractivity contribution in [3.8, 4) is 0 Å². The fraction of sp³-hybridized carbons (Fsp3) is 0.179. The molecular weight excluding hydrogens is 510 g/mol. The van der Waals surface area contributed by atoms with Crippen LogP contribution in [0.5, 0.6) is 0 Å². The van der Waals surface area contributed by atoms with Crippen LogP contribution in [0.4, 0.5) is 11.4 Å². The summed E-state index contributed by atoms with van der Waals surface area (Å²) in [4.78, 5) is 4.19. The molecule has 42 heavy (non-hydrogen) atoms. The van der Waals surface area contributed by atoms with E-state index in [4.69, 9.17) is 0 Å². The zero-order chi connectivity index (χ0) is 29.8. The normalized spacial score (nSPS) is 10.7. The predicted molar refractivity (Wildman–Crippen MR) is 186 cm³/mol. The van der Waals surface area contributed by atoms with Crippen LogP contribution in [-0.4, -0.2) is 32.8 Å². The Hall–Kier alpha value is -4.76. The number of hydrogen-bond donors (Lipinski definition) is 0. The number of aryl methyl sites for hydroxylation is 3. The van der Waals surface area contributed by atoms with Gasteiger partial charge in [-0.25, -0.2) is 0 Å². The second-order valence-electron chi connectivity index (χ2n) is 11.2. The van der Waals surface area contributed by atoms with Gasteiger partial charge in [-0.1, -0.05) is 84.9 Å². The van der Waals surface area contributed by atoms with Crippen molar-refractivity contribution in [2.45, 2.75) is 13.8 Å². The number of benzene rings is 6. The minimum atomic E-state index is 1.24.